The van der Waals surface area contributed by atoms with E-state index in [2.05, 4.69) is 27.3 Å². The number of aryl methyl sites for hydroxylation is 1. The molecule has 0 fully saturated rings. The quantitative estimate of drug-likeness (QED) is 0.820. The van der Waals surface area contributed by atoms with Crippen LogP contribution in [0.3, 0.4) is 0 Å². The molecule has 1 aromatic carbocycles. The number of ether oxygens (including phenoxy) is 1. The molecular weight excluding hydrogens is 242 g/mol. The van der Waals surface area contributed by atoms with E-state index in [1.165, 1.54) is 5.56 Å². The average molecular weight is 258 g/mol. The molecular formula is C11H16BrNO. The van der Waals surface area contributed by atoms with Gasteiger partial charge in [0.1, 0.15) is 5.75 Å². The molecule has 0 saturated heterocycles. The molecule has 0 heterocycles. The first-order chi connectivity index (χ1) is 6.77. The number of benzene rings is 1. The highest BCUT2D eigenvalue weighted by Gasteiger charge is 2.02. The lowest BCUT2D eigenvalue weighted by Crippen LogP contribution is -2.08. The summed E-state index contributed by atoms with van der Waals surface area (Å²) in [7, 11) is 3.68. The molecule has 0 atom stereocenters. The molecule has 1 rings (SSSR count). The van der Waals surface area contributed by atoms with Crippen molar-refractivity contribution in [3.63, 3.8) is 0 Å². The van der Waals surface area contributed by atoms with Gasteiger partial charge >= 0.3 is 0 Å². The summed E-state index contributed by atoms with van der Waals surface area (Å²) in [6.45, 7) is 1.04. The Labute approximate surface area is 93.8 Å². The molecule has 0 aromatic heterocycles. The van der Waals surface area contributed by atoms with Crippen molar-refractivity contribution in [3.8, 4) is 5.75 Å². The van der Waals surface area contributed by atoms with E-state index in [1.807, 2.05) is 19.2 Å². The number of hydrogen-bond donors (Lipinski definition) is 1. The van der Waals surface area contributed by atoms with Crippen LogP contribution in [0.15, 0.2) is 22.7 Å². The Morgan fingerprint density at radius 3 is 2.86 bits per heavy atom. The number of rotatable bonds is 5. The van der Waals surface area contributed by atoms with E-state index >= 15 is 0 Å². The zero-order valence-electron chi connectivity index (χ0n) is 8.64. The second-order valence-corrected chi connectivity index (χ2v) is 4.08. The van der Waals surface area contributed by atoms with Crippen molar-refractivity contribution in [1.82, 2.24) is 5.32 Å². The maximum atomic E-state index is 5.29. The van der Waals surface area contributed by atoms with Gasteiger partial charge in [-0.1, -0.05) is 15.9 Å². The van der Waals surface area contributed by atoms with Crippen LogP contribution in [0, 0.1) is 0 Å². The number of methoxy groups -OCH3 is 1. The Bertz CT molecular complexity index is 289. The lowest BCUT2D eigenvalue weighted by molar-refractivity contribution is 0.409. The first-order valence-corrected chi connectivity index (χ1v) is 5.54. The fourth-order valence-electron chi connectivity index (χ4n) is 1.40. The van der Waals surface area contributed by atoms with Crippen LogP contribution in [0.5, 0.6) is 5.75 Å². The Morgan fingerprint density at radius 1 is 1.43 bits per heavy atom. The highest BCUT2D eigenvalue weighted by molar-refractivity contribution is 9.10. The summed E-state index contributed by atoms with van der Waals surface area (Å²) in [5.41, 5.74) is 1.26. The average Bonchev–Trinajstić information content (AvgIpc) is 2.19. The van der Waals surface area contributed by atoms with Gasteiger partial charge in [-0.25, -0.2) is 0 Å². The molecule has 0 spiro atoms. The first-order valence-electron chi connectivity index (χ1n) is 4.75. The van der Waals surface area contributed by atoms with Crippen molar-refractivity contribution in [2.75, 3.05) is 20.7 Å². The zero-order valence-corrected chi connectivity index (χ0v) is 10.2. The third kappa shape index (κ3) is 3.31. The summed E-state index contributed by atoms with van der Waals surface area (Å²) in [6, 6.07) is 6.12. The molecule has 3 heteroatoms. The Morgan fingerprint density at radius 2 is 2.21 bits per heavy atom. The minimum atomic E-state index is 0.976. The van der Waals surface area contributed by atoms with Gasteiger partial charge in [0.15, 0.2) is 0 Å². The van der Waals surface area contributed by atoms with Crippen LogP contribution >= 0.6 is 15.9 Å². The van der Waals surface area contributed by atoms with E-state index in [9.17, 15) is 0 Å². The van der Waals surface area contributed by atoms with Crippen LogP contribution in [0.1, 0.15) is 12.0 Å². The van der Waals surface area contributed by atoms with E-state index in [0.717, 1.165) is 29.6 Å². The third-order valence-electron chi connectivity index (χ3n) is 2.12. The maximum Gasteiger partial charge on any atom is 0.122 e. The van der Waals surface area contributed by atoms with Gasteiger partial charge in [0, 0.05) is 4.47 Å². The maximum absolute atomic E-state index is 5.29. The van der Waals surface area contributed by atoms with Gasteiger partial charge < -0.3 is 10.1 Å². The van der Waals surface area contributed by atoms with Gasteiger partial charge in [-0.05, 0) is 50.2 Å². The monoisotopic (exact) mass is 257 g/mol. The molecule has 0 radical (unpaired) electrons. The summed E-state index contributed by atoms with van der Waals surface area (Å²) >= 11 is 3.46. The Hall–Kier alpha value is -0.540. The molecule has 0 amide bonds. The second kappa shape index (κ2) is 6.04. The summed E-state index contributed by atoms with van der Waals surface area (Å²) in [4.78, 5) is 0. The molecule has 14 heavy (non-hydrogen) atoms. The highest BCUT2D eigenvalue weighted by Crippen LogP contribution is 2.23. The Balaban J connectivity index is 2.67. The summed E-state index contributed by atoms with van der Waals surface area (Å²) in [5, 5.41) is 3.14. The van der Waals surface area contributed by atoms with E-state index < -0.39 is 0 Å². The van der Waals surface area contributed by atoms with Gasteiger partial charge in [-0.15, -0.1) is 0 Å². The first kappa shape index (κ1) is 11.5. The molecule has 1 aromatic rings. The van der Waals surface area contributed by atoms with Crippen LogP contribution in [0.2, 0.25) is 0 Å². The number of halogens is 1. The molecule has 0 bridgehead atoms. The topological polar surface area (TPSA) is 21.3 Å². The van der Waals surface area contributed by atoms with E-state index in [4.69, 9.17) is 4.74 Å². The molecule has 78 valence electrons. The fraction of sp³-hybridized carbons (Fsp3) is 0.455. The van der Waals surface area contributed by atoms with E-state index in [-0.39, 0.29) is 0 Å². The van der Waals surface area contributed by atoms with Crippen LogP contribution in [-0.4, -0.2) is 20.7 Å². The predicted molar refractivity (Wildman–Crippen MR) is 62.9 cm³/mol. The fourth-order valence-corrected chi connectivity index (χ4v) is 1.81. The zero-order chi connectivity index (χ0) is 10.4. The minimum Gasteiger partial charge on any atom is -0.496 e. The van der Waals surface area contributed by atoms with Gasteiger partial charge in [-0.2, -0.15) is 0 Å². The standard InChI is InChI=1S/C11H16BrNO/c1-13-7-3-4-9-8-10(12)5-6-11(9)14-2/h5-6,8,13H,3-4,7H2,1-2H3. The van der Waals surface area contributed by atoms with Crippen molar-refractivity contribution in [1.29, 1.82) is 0 Å². The summed E-state index contributed by atoms with van der Waals surface area (Å²) < 4.78 is 6.40. The second-order valence-electron chi connectivity index (χ2n) is 3.16. The highest BCUT2D eigenvalue weighted by atomic mass is 79.9. The Kier molecular flexibility index (Phi) is 4.98. The largest absolute Gasteiger partial charge is 0.496 e. The van der Waals surface area contributed by atoms with E-state index in [0.29, 0.717) is 0 Å². The third-order valence-corrected chi connectivity index (χ3v) is 2.61. The normalized spacial score (nSPS) is 10.2. The smallest absolute Gasteiger partial charge is 0.122 e. The molecule has 0 aliphatic rings. The van der Waals surface area contributed by atoms with Crippen LogP contribution in [0.4, 0.5) is 0 Å². The number of hydrogen-bond acceptors (Lipinski definition) is 2. The van der Waals surface area contributed by atoms with Crippen molar-refractivity contribution in [3.05, 3.63) is 28.2 Å². The molecule has 0 aliphatic carbocycles. The lowest BCUT2D eigenvalue weighted by Gasteiger charge is -2.08. The van der Waals surface area contributed by atoms with Crippen molar-refractivity contribution < 1.29 is 4.74 Å². The van der Waals surface area contributed by atoms with Crippen molar-refractivity contribution >= 4 is 15.9 Å². The lowest BCUT2D eigenvalue weighted by atomic mass is 10.1. The summed E-state index contributed by atoms with van der Waals surface area (Å²) in [6.07, 6.45) is 2.17. The van der Waals surface area contributed by atoms with Gasteiger partial charge in [0.05, 0.1) is 7.11 Å². The number of nitrogens with one attached hydrogen (secondary N) is 1. The molecule has 0 saturated carbocycles. The summed E-state index contributed by atoms with van der Waals surface area (Å²) in [5.74, 6) is 0.976. The molecule has 2 nitrogen and oxygen atoms in total. The van der Waals surface area contributed by atoms with E-state index in [1.54, 1.807) is 7.11 Å². The molecule has 0 aliphatic heterocycles. The minimum absolute atomic E-state index is 0.976. The van der Waals surface area contributed by atoms with Crippen LogP contribution < -0.4 is 10.1 Å². The predicted octanol–water partition coefficient (Wildman–Crippen LogP) is 2.61. The van der Waals surface area contributed by atoms with Crippen molar-refractivity contribution in [2.45, 2.75) is 12.8 Å². The van der Waals surface area contributed by atoms with Gasteiger partial charge in [-0.3, -0.25) is 0 Å². The van der Waals surface area contributed by atoms with Gasteiger partial charge in [0.25, 0.3) is 0 Å². The molecule has 0 unspecified atom stereocenters. The van der Waals surface area contributed by atoms with Crippen molar-refractivity contribution in [2.24, 2.45) is 0 Å². The SMILES string of the molecule is CNCCCc1cc(Br)ccc1OC. The van der Waals surface area contributed by atoms with Gasteiger partial charge in [0.2, 0.25) is 0 Å². The van der Waals surface area contributed by atoms with Crippen LogP contribution in [0.25, 0.3) is 0 Å². The van der Waals surface area contributed by atoms with Crippen LogP contribution in [-0.2, 0) is 6.42 Å². The molecule has 1 N–H and O–H groups in total.